The van der Waals surface area contributed by atoms with Crippen molar-refractivity contribution in [2.24, 2.45) is 0 Å². The fourth-order valence-electron chi connectivity index (χ4n) is 1.85. The highest BCUT2D eigenvalue weighted by Crippen LogP contribution is 2.25. The number of aromatic nitrogens is 3. The Morgan fingerprint density at radius 1 is 1.30 bits per heavy atom. The maximum Gasteiger partial charge on any atom is 0.516 e. The predicted molar refractivity (Wildman–Crippen MR) is 69.7 cm³/mol. The number of halogens is 3. The van der Waals surface area contributed by atoms with Gasteiger partial charge in [0.1, 0.15) is 5.69 Å². The minimum atomic E-state index is -5.75. The molecule has 0 fully saturated rings. The molecule has 2 heterocycles. The zero-order valence-electron chi connectivity index (χ0n) is 10.7. The van der Waals surface area contributed by atoms with Crippen LogP contribution in [0.25, 0.3) is 21.9 Å². The average Bonchev–Trinajstić information content (AvgIpc) is 2.77. The quantitative estimate of drug-likeness (QED) is 0.649. The van der Waals surface area contributed by atoms with Gasteiger partial charge in [0.25, 0.3) is 11.1 Å². The molecular weight excluding hydrogens is 345 g/mol. The van der Waals surface area contributed by atoms with Gasteiger partial charge in [-0.2, -0.15) is 21.6 Å². The molecule has 0 aliphatic rings. The first kappa shape index (κ1) is 15.1. The van der Waals surface area contributed by atoms with E-state index in [0.717, 1.165) is 10.8 Å². The summed E-state index contributed by atoms with van der Waals surface area (Å²) in [4.78, 5) is 14.0. The van der Waals surface area contributed by atoms with Gasteiger partial charge in [0.05, 0.1) is 5.52 Å². The second kappa shape index (κ2) is 4.58. The molecule has 0 radical (unpaired) electrons. The molecule has 0 bridgehead atoms. The third-order valence-electron chi connectivity index (χ3n) is 2.90. The summed E-state index contributed by atoms with van der Waals surface area (Å²) in [6, 6.07) is 3.30. The molecular formula is C10H5F3N4O5S. The topological polar surface area (TPSA) is 132 Å². The van der Waals surface area contributed by atoms with E-state index in [9.17, 15) is 31.6 Å². The van der Waals surface area contributed by atoms with Gasteiger partial charge < -0.3 is 10.2 Å². The van der Waals surface area contributed by atoms with E-state index in [1.807, 2.05) is 0 Å². The van der Waals surface area contributed by atoms with Crippen LogP contribution in [-0.2, 0) is 10.0 Å². The molecule has 0 amide bonds. The normalized spacial score (nSPS) is 12.8. The molecule has 2 N–H and O–H groups in total. The standard InChI is InChI=1S/C10H5F3N4O5S/c11-10(12,13)23(20,21)16-7-1-4-2-8-6(15-22-17(8)19)3-5(4)14-9(7)18/h1-3,16H,(H,14,18). The molecule has 0 saturated carbocycles. The number of fused-ring (bicyclic) bond motifs is 2. The van der Waals surface area contributed by atoms with Crippen LogP contribution in [0.5, 0.6) is 0 Å². The van der Waals surface area contributed by atoms with Gasteiger partial charge in [-0.1, -0.05) is 0 Å². The van der Waals surface area contributed by atoms with Crippen LogP contribution in [0.1, 0.15) is 0 Å². The van der Waals surface area contributed by atoms with Gasteiger partial charge in [0, 0.05) is 22.7 Å². The fraction of sp³-hybridized carbons (Fsp3) is 0.100. The average molecular weight is 350 g/mol. The predicted octanol–water partition coefficient (Wildman–Crippen LogP) is 0.564. The molecule has 0 aliphatic heterocycles. The van der Waals surface area contributed by atoms with Crippen LogP contribution in [0, 0.1) is 5.21 Å². The Hall–Kier alpha value is -2.83. The van der Waals surface area contributed by atoms with E-state index < -0.39 is 26.8 Å². The summed E-state index contributed by atoms with van der Waals surface area (Å²) in [6.07, 6.45) is 0. The van der Waals surface area contributed by atoms with E-state index in [1.54, 1.807) is 0 Å². The van der Waals surface area contributed by atoms with Gasteiger partial charge in [-0.25, -0.2) is 0 Å². The number of alkyl halides is 3. The Labute approximate surface area is 123 Å². The Kier molecular flexibility index (Phi) is 3.00. The molecule has 1 aromatic carbocycles. The summed E-state index contributed by atoms with van der Waals surface area (Å²) in [5, 5.41) is 14.8. The number of nitrogens with one attached hydrogen (secondary N) is 2. The highest BCUT2D eigenvalue weighted by Gasteiger charge is 2.46. The molecule has 3 aromatic rings. The first-order chi connectivity index (χ1) is 10.6. The number of hydrogen-bond donors (Lipinski definition) is 2. The van der Waals surface area contributed by atoms with Crippen molar-refractivity contribution in [2.75, 3.05) is 4.72 Å². The van der Waals surface area contributed by atoms with E-state index in [-0.39, 0.29) is 26.8 Å². The maximum atomic E-state index is 12.4. The molecule has 13 heteroatoms. The van der Waals surface area contributed by atoms with Gasteiger partial charge in [0.2, 0.25) is 5.52 Å². The van der Waals surface area contributed by atoms with Crippen molar-refractivity contribution in [1.82, 2.24) is 10.1 Å². The first-order valence-electron chi connectivity index (χ1n) is 5.74. The Morgan fingerprint density at radius 2 is 2.00 bits per heavy atom. The Balaban J connectivity index is 2.19. The van der Waals surface area contributed by atoms with E-state index in [1.165, 1.54) is 12.1 Å². The van der Waals surface area contributed by atoms with Crippen molar-refractivity contribution in [3.05, 3.63) is 33.8 Å². The minimum absolute atomic E-state index is 0.0471. The summed E-state index contributed by atoms with van der Waals surface area (Å²) in [5.74, 6) is 0. The van der Waals surface area contributed by atoms with E-state index in [2.05, 4.69) is 14.8 Å². The lowest BCUT2D eigenvalue weighted by atomic mass is 10.2. The van der Waals surface area contributed by atoms with Crippen LogP contribution in [0.15, 0.2) is 27.6 Å². The number of aromatic amines is 1. The summed E-state index contributed by atoms with van der Waals surface area (Å²) in [6.45, 7) is 0. The van der Waals surface area contributed by atoms with Crippen LogP contribution in [0.4, 0.5) is 18.9 Å². The molecule has 23 heavy (non-hydrogen) atoms. The van der Waals surface area contributed by atoms with Gasteiger partial charge in [-0.3, -0.25) is 14.1 Å². The van der Waals surface area contributed by atoms with Crippen molar-refractivity contribution in [3.63, 3.8) is 0 Å². The van der Waals surface area contributed by atoms with Gasteiger partial charge in [-0.15, -0.1) is 0 Å². The van der Waals surface area contributed by atoms with Crippen molar-refractivity contribution < 1.29 is 31.1 Å². The smallest absolute Gasteiger partial charge is 0.359 e. The zero-order chi connectivity index (χ0) is 17.0. The molecule has 0 unspecified atom stereocenters. The number of H-pyrrole nitrogens is 1. The van der Waals surface area contributed by atoms with Crippen molar-refractivity contribution in [2.45, 2.75) is 5.51 Å². The summed E-state index contributed by atoms with van der Waals surface area (Å²) >= 11 is 0. The lowest BCUT2D eigenvalue weighted by Crippen LogP contribution is -2.32. The summed E-state index contributed by atoms with van der Waals surface area (Å²) in [7, 11) is -5.75. The fourth-order valence-corrected chi connectivity index (χ4v) is 2.41. The molecule has 3 rings (SSSR count). The van der Waals surface area contributed by atoms with Crippen molar-refractivity contribution in [3.8, 4) is 0 Å². The number of anilines is 1. The second-order valence-electron chi connectivity index (χ2n) is 4.42. The van der Waals surface area contributed by atoms with Crippen molar-refractivity contribution >= 4 is 37.6 Å². The van der Waals surface area contributed by atoms with E-state index in [0.29, 0.717) is 0 Å². The van der Waals surface area contributed by atoms with E-state index >= 15 is 0 Å². The van der Waals surface area contributed by atoms with Crippen LogP contribution in [0.2, 0.25) is 0 Å². The second-order valence-corrected chi connectivity index (χ2v) is 6.10. The number of sulfonamides is 1. The highest BCUT2D eigenvalue weighted by atomic mass is 32.2. The molecule has 0 saturated heterocycles. The van der Waals surface area contributed by atoms with E-state index in [4.69, 9.17) is 0 Å². The van der Waals surface area contributed by atoms with Crippen LogP contribution >= 0.6 is 0 Å². The van der Waals surface area contributed by atoms with Gasteiger partial charge in [0.15, 0.2) is 0 Å². The number of benzene rings is 1. The lowest BCUT2D eigenvalue weighted by Gasteiger charge is -2.10. The molecule has 2 aromatic heterocycles. The first-order valence-corrected chi connectivity index (χ1v) is 7.22. The number of rotatable bonds is 2. The third-order valence-corrected chi connectivity index (χ3v) is 4.00. The van der Waals surface area contributed by atoms with Gasteiger partial charge >= 0.3 is 15.5 Å². The highest BCUT2D eigenvalue weighted by molar-refractivity contribution is 7.93. The molecule has 9 nitrogen and oxygen atoms in total. The minimum Gasteiger partial charge on any atom is -0.359 e. The molecule has 0 aliphatic carbocycles. The molecule has 122 valence electrons. The summed E-state index contributed by atoms with van der Waals surface area (Å²) < 4.78 is 64.7. The molecule has 0 spiro atoms. The largest absolute Gasteiger partial charge is 0.516 e. The Morgan fingerprint density at radius 3 is 2.65 bits per heavy atom. The molecule has 0 atom stereocenters. The maximum absolute atomic E-state index is 12.4. The lowest BCUT2D eigenvalue weighted by molar-refractivity contribution is -0.782. The number of pyridine rings is 1. The zero-order valence-corrected chi connectivity index (χ0v) is 11.5. The van der Waals surface area contributed by atoms with Crippen LogP contribution < -0.4 is 15.2 Å². The van der Waals surface area contributed by atoms with Crippen LogP contribution in [0.3, 0.4) is 0 Å². The summed E-state index contributed by atoms with van der Waals surface area (Å²) in [5.41, 5.74) is -7.33. The van der Waals surface area contributed by atoms with Crippen molar-refractivity contribution in [1.29, 1.82) is 0 Å². The van der Waals surface area contributed by atoms with Crippen LogP contribution in [-0.4, -0.2) is 24.1 Å². The van der Waals surface area contributed by atoms with Gasteiger partial charge in [-0.05, 0) is 11.0 Å². The third kappa shape index (κ3) is 2.44. The number of nitrogens with zero attached hydrogens (tertiary/aromatic N) is 2. The SMILES string of the molecule is O=c1[nH]c2cc3no[n+]([O-])c3cc2cc1NS(=O)(=O)C(F)(F)F. The number of hydrogen-bond acceptors (Lipinski definition) is 6. The monoisotopic (exact) mass is 350 g/mol. The Bertz CT molecular complexity index is 1090.